The second-order valence-corrected chi connectivity index (χ2v) is 6.52. The lowest BCUT2D eigenvalue weighted by molar-refractivity contribution is 0.544. The van der Waals surface area contributed by atoms with Gasteiger partial charge in [0.05, 0.1) is 21.8 Å². The van der Waals surface area contributed by atoms with Crippen LogP contribution in [0.25, 0.3) is 11.0 Å². The highest BCUT2D eigenvalue weighted by Gasteiger charge is 2.35. The van der Waals surface area contributed by atoms with Crippen LogP contribution in [0, 0.1) is 11.6 Å². The lowest BCUT2D eigenvalue weighted by Gasteiger charge is -2.15. The van der Waals surface area contributed by atoms with E-state index < -0.39 is 17.0 Å². The number of aromatic nitrogens is 2. The Bertz CT molecular complexity index is 823. The molecular weight excluding hydrogens is 290 g/mol. The van der Waals surface area contributed by atoms with Crippen molar-refractivity contribution in [3.8, 4) is 0 Å². The van der Waals surface area contributed by atoms with Gasteiger partial charge in [0, 0.05) is 0 Å². The summed E-state index contributed by atoms with van der Waals surface area (Å²) in [4.78, 5) is 4.61. The maximum Gasteiger partial charge on any atom is 0.132 e. The van der Waals surface area contributed by atoms with Crippen LogP contribution >= 0.6 is 11.8 Å². The monoisotopic (exact) mass is 302 g/mol. The molecule has 2 heterocycles. The van der Waals surface area contributed by atoms with Crippen molar-refractivity contribution in [3.63, 3.8) is 0 Å². The van der Waals surface area contributed by atoms with Crippen LogP contribution in [0.15, 0.2) is 42.5 Å². The Hall–Kier alpha value is -1.88. The molecule has 2 aromatic carbocycles. The highest BCUT2D eigenvalue weighted by Crippen LogP contribution is 2.51. The molecule has 0 fully saturated rings. The number of fused-ring (bicyclic) bond motifs is 3. The van der Waals surface area contributed by atoms with Gasteiger partial charge in [-0.2, -0.15) is 0 Å². The van der Waals surface area contributed by atoms with Crippen LogP contribution in [0.3, 0.4) is 0 Å². The van der Waals surface area contributed by atoms with Gasteiger partial charge >= 0.3 is 0 Å². The molecule has 0 unspecified atom stereocenters. The van der Waals surface area contributed by atoms with Gasteiger partial charge in [0.15, 0.2) is 0 Å². The van der Waals surface area contributed by atoms with Crippen molar-refractivity contribution in [1.82, 2.24) is 9.55 Å². The predicted molar refractivity (Wildman–Crippen MR) is 80.2 cm³/mol. The first-order chi connectivity index (χ1) is 10.2. The van der Waals surface area contributed by atoms with E-state index >= 15 is 0 Å². The molecular formula is C16H12F2N2S. The second kappa shape index (κ2) is 4.56. The number of rotatable bonds is 1. The van der Waals surface area contributed by atoms with E-state index in [4.69, 9.17) is 0 Å². The fourth-order valence-corrected chi connectivity index (χ4v) is 4.23. The molecule has 2 nitrogen and oxygen atoms in total. The zero-order valence-electron chi connectivity index (χ0n) is 11.3. The van der Waals surface area contributed by atoms with Gasteiger partial charge in [0.1, 0.15) is 22.8 Å². The number of hydrogen-bond donors (Lipinski definition) is 0. The average Bonchev–Trinajstić information content (AvgIpc) is 2.98. The topological polar surface area (TPSA) is 17.8 Å². The number of para-hydroxylation sites is 2. The van der Waals surface area contributed by atoms with E-state index in [2.05, 4.69) is 4.98 Å². The minimum Gasteiger partial charge on any atom is -0.310 e. The molecule has 0 aliphatic carbocycles. The van der Waals surface area contributed by atoms with Gasteiger partial charge in [-0.1, -0.05) is 18.2 Å². The highest BCUT2D eigenvalue weighted by atomic mass is 32.2. The Morgan fingerprint density at radius 2 is 1.76 bits per heavy atom. The Labute approximate surface area is 124 Å². The molecule has 0 bridgehead atoms. The van der Waals surface area contributed by atoms with Crippen molar-refractivity contribution in [3.05, 3.63) is 65.5 Å². The van der Waals surface area contributed by atoms with Crippen molar-refractivity contribution in [2.24, 2.45) is 0 Å². The molecule has 1 aromatic heterocycles. The summed E-state index contributed by atoms with van der Waals surface area (Å²) >= 11 is 1.52. The molecule has 0 saturated heterocycles. The summed E-state index contributed by atoms with van der Waals surface area (Å²) in [5.74, 6) is -0.149. The molecule has 21 heavy (non-hydrogen) atoms. The summed E-state index contributed by atoms with van der Waals surface area (Å²) in [6.45, 7) is 2.02. The number of hydrogen-bond acceptors (Lipinski definition) is 2. The molecule has 2 atom stereocenters. The summed E-state index contributed by atoms with van der Waals surface area (Å²) in [5.41, 5.74) is 1.88. The van der Waals surface area contributed by atoms with Crippen LogP contribution in [0.1, 0.15) is 28.9 Å². The molecule has 0 radical (unpaired) electrons. The quantitative estimate of drug-likeness (QED) is 0.650. The van der Waals surface area contributed by atoms with E-state index in [1.54, 1.807) is 0 Å². The average molecular weight is 302 g/mol. The van der Waals surface area contributed by atoms with Gasteiger partial charge in [-0.3, -0.25) is 0 Å². The van der Waals surface area contributed by atoms with E-state index in [1.165, 1.54) is 30.0 Å². The van der Waals surface area contributed by atoms with Crippen molar-refractivity contribution in [2.45, 2.75) is 17.5 Å². The molecule has 0 spiro atoms. The first-order valence-electron chi connectivity index (χ1n) is 6.73. The number of nitrogens with zero attached hydrogens (tertiary/aromatic N) is 2. The van der Waals surface area contributed by atoms with Crippen molar-refractivity contribution >= 4 is 22.8 Å². The summed E-state index contributed by atoms with van der Waals surface area (Å²) in [6, 6.07) is 11.7. The smallest absolute Gasteiger partial charge is 0.132 e. The highest BCUT2D eigenvalue weighted by molar-refractivity contribution is 8.00. The number of imidazole rings is 1. The van der Waals surface area contributed by atoms with Crippen molar-refractivity contribution in [1.29, 1.82) is 0 Å². The first kappa shape index (κ1) is 12.8. The molecule has 3 aromatic rings. The van der Waals surface area contributed by atoms with Crippen LogP contribution in [0.5, 0.6) is 0 Å². The predicted octanol–water partition coefficient (Wildman–Crippen LogP) is 4.67. The van der Waals surface area contributed by atoms with E-state index in [-0.39, 0.29) is 10.8 Å². The lowest BCUT2D eigenvalue weighted by atomic mass is 10.2. The summed E-state index contributed by atoms with van der Waals surface area (Å²) in [5, 5.41) is -0.315. The third-order valence-electron chi connectivity index (χ3n) is 3.80. The standard InChI is InChI=1S/C16H12F2N2S/c1-9-15-19-12-7-2-3-8-13(12)20(15)16(21-9)14-10(17)5-4-6-11(14)18/h2-9,16H,1H3/t9-,16+/m0/s1. The van der Waals surface area contributed by atoms with Crippen LogP contribution in [-0.4, -0.2) is 9.55 Å². The molecule has 1 aliphatic rings. The van der Waals surface area contributed by atoms with Gasteiger partial charge in [0.2, 0.25) is 0 Å². The zero-order valence-corrected chi connectivity index (χ0v) is 12.1. The van der Waals surface area contributed by atoms with Crippen molar-refractivity contribution in [2.75, 3.05) is 0 Å². The van der Waals surface area contributed by atoms with Crippen LogP contribution in [-0.2, 0) is 0 Å². The third-order valence-corrected chi connectivity index (χ3v) is 5.12. The van der Waals surface area contributed by atoms with Gasteiger partial charge in [0.25, 0.3) is 0 Å². The van der Waals surface area contributed by atoms with E-state index in [9.17, 15) is 8.78 Å². The number of thioether (sulfide) groups is 1. The molecule has 106 valence electrons. The SMILES string of the molecule is C[C@@H]1S[C@H](c2c(F)cccc2F)n2c1nc1ccccc12. The fraction of sp³-hybridized carbons (Fsp3) is 0.188. The molecule has 5 heteroatoms. The summed E-state index contributed by atoms with van der Waals surface area (Å²) < 4.78 is 30.2. The Morgan fingerprint density at radius 1 is 1.05 bits per heavy atom. The van der Waals surface area contributed by atoms with Gasteiger partial charge in [-0.05, 0) is 31.2 Å². The molecule has 0 saturated carbocycles. The molecule has 0 N–H and O–H groups in total. The lowest BCUT2D eigenvalue weighted by Crippen LogP contribution is -2.08. The second-order valence-electron chi connectivity index (χ2n) is 5.09. The number of benzene rings is 2. The maximum atomic E-state index is 14.1. The summed E-state index contributed by atoms with van der Waals surface area (Å²) in [6.07, 6.45) is 0. The normalized spacial score (nSPS) is 20.9. The van der Waals surface area contributed by atoms with E-state index in [0.29, 0.717) is 0 Å². The van der Waals surface area contributed by atoms with Gasteiger partial charge in [-0.25, -0.2) is 13.8 Å². The Morgan fingerprint density at radius 3 is 2.52 bits per heavy atom. The van der Waals surface area contributed by atoms with Gasteiger partial charge in [-0.15, -0.1) is 11.8 Å². The van der Waals surface area contributed by atoms with E-state index in [1.807, 2.05) is 35.8 Å². The Balaban J connectivity index is 1.99. The molecule has 4 rings (SSSR count). The molecule has 1 aliphatic heterocycles. The van der Waals surface area contributed by atoms with Crippen LogP contribution in [0.2, 0.25) is 0 Å². The zero-order chi connectivity index (χ0) is 14.6. The minimum absolute atomic E-state index is 0.0985. The van der Waals surface area contributed by atoms with Crippen LogP contribution in [0.4, 0.5) is 8.78 Å². The fourth-order valence-electron chi connectivity index (χ4n) is 2.86. The molecule has 0 amide bonds. The Kier molecular flexibility index (Phi) is 2.79. The largest absolute Gasteiger partial charge is 0.310 e. The van der Waals surface area contributed by atoms with Crippen LogP contribution < -0.4 is 0 Å². The van der Waals surface area contributed by atoms with Crippen molar-refractivity contribution < 1.29 is 8.78 Å². The summed E-state index contributed by atoms with van der Waals surface area (Å²) in [7, 11) is 0. The van der Waals surface area contributed by atoms with Gasteiger partial charge < -0.3 is 4.57 Å². The third kappa shape index (κ3) is 1.80. The maximum absolute atomic E-state index is 14.1. The van der Waals surface area contributed by atoms with E-state index in [0.717, 1.165) is 16.9 Å². The number of halogens is 2. The minimum atomic E-state index is -0.509. The first-order valence-corrected chi connectivity index (χ1v) is 7.67.